The highest BCUT2D eigenvalue weighted by molar-refractivity contribution is 5.11. The maximum absolute atomic E-state index is 4.59. The molecule has 0 radical (unpaired) electrons. The highest BCUT2D eigenvalue weighted by Crippen LogP contribution is 2.52. The smallest absolute Gasteiger partial charge is 0.0952 e. The standard InChI is InChI=1S/C14H22N2/c1-14(2,3)12-8-16(9-15-12)13(10-4-5-10)11-6-7-11/h8-11,13H,4-7H2,1-3H3. The van der Waals surface area contributed by atoms with E-state index in [-0.39, 0.29) is 5.41 Å². The van der Waals surface area contributed by atoms with E-state index >= 15 is 0 Å². The van der Waals surface area contributed by atoms with Crippen LogP contribution in [0.3, 0.4) is 0 Å². The molecule has 2 heteroatoms. The van der Waals surface area contributed by atoms with Crippen LogP contribution in [0.5, 0.6) is 0 Å². The fraction of sp³-hybridized carbons (Fsp3) is 0.786. The molecule has 0 spiro atoms. The molecule has 2 aliphatic carbocycles. The normalized spacial score (nSPS) is 21.8. The number of aromatic nitrogens is 2. The van der Waals surface area contributed by atoms with Crippen LogP contribution in [-0.4, -0.2) is 9.55 Å². The third-order valence-corrected chi connectivity index (χ3v) is 3.92. The summed E-state index contributed by atoms with van der Waals surface area (Å²) in [5.41, 5.74) is 1.42. The zero-order chi connectivity index (χ0) is 11.3. The van der Waals surface area contributed by atoms with Gasteiger partial charge in [-0.2, -0.15) is 0 Å². The van der Waals surface area contributed by atoms with E-state index in [9.17, 15) is 0 Å². The van der Waals surface area contributed by atoms with E-state index in [1.54, 1.807) is 0 Å². The van der Waals surface area contributed by atoms with Gasteiger partial charge in [0.15, 0.2) is 0 Å². The van der Waals surface area contributed by atoms with Gasteiger partial charge in [0.2, 0.25) is 0 Å². The summed E-state index contributed by atoms with van der Waals surface area (Å²) >= 11 is 0. The fourth-order valence-corrected chi connectivity index (χ4v) is 2.63. The lowest BCUT2D eigenvalue weighted by Gasteiger charge is -2.18. The van der Waals surface area contributed by atoms with Crippen molar-refractivity contribution in [2.24, 2.45) is 11.8 Å². The quantitative estimate of drug-likeness (QED) is 0.758. The molecule has 2 nitrogen and oxygen atoms in total. The van der Waals surface area contributed by atoms with Crippen molar-refractivity contribution in [1.29, 1.82) is 0 Å². The Balaban J connectivity index is 1.84. The molecule has 0 aliphatic heterocycles. The van der Waals surface area contributed by atoms with Crippen LogP contribution in [0, 0.1) is 11.8 Å². The van der Waals surface area contributed by atoms with Gasteiger partial charge in [0.1, 0.15) is 0 Å². The molecule has 0 unspecified atom stereocenters. The zero-order valence-electron chi connectivity index (χ0n) is 10.6. The van der Waals surface area contributed by atoms with Gasteiger partial charge < -0.3 is 4.57 Å². The Hall–Kier alpha value is -0.790. The molecule has 0 N–H and O–H groups in total. The molecule has 1 aromatic heterocycles. The number of rotatable bonds is 3. The SMILES string of the molecule is CC(C)(C)c1cn(C(C2CC2)C2CC2)cn1. The lowest BCUT2D eigenvalue weighted by atomic mass is 9.93. The summed E-state index contributed by atoms with van der Waals surface area (Å²) < 4.78 is 2.41. The summed E-state index contributed by atoms with van der Waals surface area (Å²) in [6.45, 7) is 6.72. The highest BCUT2D eigenvalue weighted by Gasteiger charge is 2.42. The van der Waals surface area contributed by atoms with Crippen molar-refractivity contribution in [3.8, 4) is 0 Å². The van der Waals surface area contributed by atoms with Crippen molar-refractivity contribution < 1.29 is 0 Å². The molecule has 2 fully saturated rings. The number of hydrogen-bond donors (Lipinski definition) is 0. The molecule has 2 aliphatic rings. The monoisotopic (exact) mass is 218 g/mol. The Morgan fingerprint density at radius 2 is 1.75 bits per heavy atom. The summed E-state index contributed by atoms with van der Waals surface area (Å²) in [5, 5.41) is 0. The van der Waals surface area contributed by atoms with Crippen LogP contribution < -0.4 is 0 Å². The molecule has 1 aromatic rings. The highest BCUT2D eigenvalue weighted by atomic mass is 15.1. The zero-order valence-corrected chi connectivity index (χ0v) is 10.6. The summed E-state index contributed by atoms with van der Waals surface area (Å²) in [7, 11) is 0. The van der Waals surface area contributed by atoms with Gasteiger partial charge in [0.25, 0.3) is 0 Å². The number of imidazole rings is 1. The Kier molecular flexibility index (Phi) is 2.17. The van der Waals surface area contributed by atoms with E-state index in [1.807, 2.05) is 0 Å². The average Bonchev–Trinajstić information content (AvgIpc) is 3.07. The Morgan fingerprint density at radius 1 is 1.19 bits per heavy atom. The van der Waals surface area contributed by atoms with Crippen LogP contribution in [0.4, 0.5) is 0 Å². The molecule has 16 heavy (non-hydrogen) atoms. The Morgan fingerprint density at radius 3 is 2.12 bits per heavy atom. The summed E-state index contributed by atoms with van der Waals surface area (Å²) in [6, 6.07) is 0.767. The Labute approximate surface area is 98.1 Å². The van der Waals surface area contributed by atoms with Crippen molar-refractivity contribution in [2.75, 3.05) is 0 Å². The van der Waals surface area contributed by atoms with E-state index in [1.165, 1.54) is 31.4 Å². The molecule has 88 valence electrons. The summed E-state index contributed by atoms with van der Waals surface area (Å²) in [4.78, 5) is 4.59. The maximum Gasteiger partial charge on any atom is 0.0952 e. The number of nitrogens with zero attached hydrogens (tertiary/aromatic N) is 2. The minimum Gasteiger partial charge on any atom is -0.334 e. The van der Waals surface area contributed by atoms with Crippen molar-refractivity contribution in [3.05, 3.63) is 18.2 Å². The van der Waals surface area contributed by atoms with Gasteiger partial charge in [-0.25, -0.2) is 4.98 Å². The van der Waals surface area contributed by atoms with Gasteiger partial charge in [-0.1, -0.05) is 20.8 Å². The van der Waals surface area contributed by atoms with Gasteiger partial charge >= 0.3 is 0 Å². The van der Waals surface area contributed by atoms with Crippen LogP contribution in [0.15, 0.2) is 12.5 Å². The second-order valence-corrected chi connectivity index (χ2v) is 6.62. The van der Waals surface area contributed by atoms with Gasteiger partial charge in [0, 0.05) is 17.7 Å². The largest absolute Gasteiger partial charge is 0.334 e. The molecule has 0 amide bonds. The molecule has 0 saturated heterocycles. The molecule has 0 aromatic carbocycles. The third kappa shape index (κ3) is 1.90. The van der Waals surface area contributed by atoms with Gasteiger partial charge in [-0.05, 0) is 37.5 Å². The van der Waals surface area contributed by atoms with Gasteiger partial charge in [-0.15, -0.1) is 0 Å². The summed E-state index contributed by atoms with van der Waals surface area (Å²) in [5.74, 6) is 1.91. The lowest BCUT2D eigenvalue weighted by molar-refractivity contribution is 0.393. The van der Waals surface area contributed by atoms with Crippen molar-refractivity contribution in [1.82, 2.24) is 9.55 Å². The minimum absolute atomic E-state index is 0.183. The second kappa shape index (κ2) is 3.35. The molecule has 2 saturated carbocycles. The predicted octanol–water partition coefficient (Wildman–Crippen LogP) is 3.54. The van der Waals surface area contributed by atoms with E-state index in [0.717, 1.165) is 17.9 Å². The van der Waals surface area contributed by atoms with Crippen molar-refractivity contribution in [3.63, 3.8) is 0 Å². The lowest BCUT2D eigenvalue weighted by Crippen LogP contribution is -2.13. The molecule has 0 atom stereocenters. The van der Waals surface area contributed by atoms with Crippen LogP contribution in [0.1, 0.15) is 58.2 Å². The molecular weight excluding hydrogens is 196 g/mol. The molecule has 1 heterocycles. The number of hydrogen-bond acceptors (Lipinski definition) is 1. The minimum atomic E-state index is 0.183. The first-order valence-electron chi connectivity index (χ1n) is 6.59. The van der Waals surface area contributed by atoms with Crippen molar-refractivity contribution in [2.45, 2.75) is 57.9 Å². The van der Waals surface area contributed by atoms with Crippen molar-refractivity contribution >= 4 is 0 Å². The average molecular weight is 218 g/mol. The first-order chi connectivity index (χ1) is 7.55. The Bertz CT molecular complexity index is 366. The second-order valence-electron chi connectivity index (χ2n) is 6.62. The van der Waals surface area contributed by atoms with E-state index in [0.29, 0.717) is 0 Å². The van der Waals surface area contributed by atoms with Gasteiger partial charge in [-0.3, -0.25) is 0 Å². The third-order valence-electron chi connectivity index (χ3n) is 3.92. The maximum atomic E-state index is 4.59. The van der Waals surface area contributed by atoms with Crippen LogP contribution in [0.2, 0.25) is 0 Å². The van der Waals surface area contributed by atoms with E-state index in [4.69, 9.17) is 0 Å². The molecular formula is C14H22N2. The summed E-state index contributed by atoms with van der Waals surface area (Å²) in [6.07, 6.45) is 10.1. The molecule has 0 bridgehead atoms. The van der Waals surface area contributed by atoms with Crippen LogP contribution in [-0.2, 0) is 5.41 Å². The predicted molar refractivity (Wildman–Crippen MR) is 65.4 cm³/mol. The molecule has 3 rings (SSSR count). The first kappa shape index (κ1) is 10.4. The first-order valence-corrected chi connectivity index (χ1v) is 6.59. The van der Waals surface area contributed by atoms with E-state index in [2.05, 4.69) is 42.8 Å². The van der Waals surface area contributed by atoms with E-state index < -0.39 is 0 Å². The van der Waals surface area contributed by atoms with Crippen LogP contribution >= 0.6 is 0 Å². The fourth-order valence-electron chi connectivity index (χ4n) is 2.63. The topological polar surface area (TPSA) is 17.8 Å². The van der Waals surface area contributed by atoms with Gasteiger partial charge in [0.05, 0.1) is 12.0 Å². The van der Waals surface area contributed by atoms with Crippen LogP contribution in [0.25, 0.3) is 0 Å².